The van der Waals surface area contributed by atoms with Crippen molar-refractivity contribution in [2.75, 3.05) is 19.6 Å². The zero-order valence-electron chi connectivity index (χ0n) is 12.7. The Labute approximate surface area is 136 Å². The summed E-state index contributed by atoms with van der Waals surface area (Å²) in [6.07, 6.45) is 1.80. The van der Waals surface area contributed by atoms with Gasteiger partial charge in [0.25, 0.3) is 0 Å². The van der Waals surface area contributed by atoms with Gasteiger partial charge < -0.3 is 5.32 Å². The molecular weight excluding hydrogens is 310 g/mol. The third-order valence-electron chi connectivity index (χ3n) is 4.78. The average molecular weight is 329 g/mol. The average Bonchev–Trinajstić information content (AvgIpc) is 2.97. The first-order valence-electron chi connectivity index (χ1n) is 7.86. The molecule has 1 fully saturated rings. The van der Waals surface area contributed by atoms with Crippen molar-refractivity contribution in [1.82, 2.24) is 14.6 Å². The number of fused-ring (bicyclic) bond motifs is 3. The fourth-order valence-electron chi connectivity index (χ4n) is 3.60. The van der Waals surface area contributed by atoms with E-state index in [1.165, 1.54) is 0 Å². The van der Waals surface area contributed by atoms with E-state index in [-0.39, 0.29) is 5.92 Å². The molecule has 0 bridgehead atoms. The molecule has 2 aromatic rings. The van der Waals surface area contributed by atoms with Crippen molar-refractivity contribution < 1.29 is 8.42 Å². The Kier molecular flexibility index (Phi) is 3.67. The lowest BCUT2D eigenvalue weighted by Gasteiger charge is -2.23. The maximum absolute atomic E-state index is 13.0. The molecule has 0 amide bonds. The van der Waals surface area contributed by atoms with E-state index in [0.29, 0.717) is 23.9 Å². The SMILES string of the molecule is O=S(=O)(c1ccccc1)N1Cc2cccnc2[C@@H]2CNC[C@H]2C1. The van der Waals surface area contributed by atoms with Crippen molar-refractivity contribution in [3.8, 4) is 0 Å². The Morgan fingerprint density at radius 2 is 1.91 bits per heavy atom. The van der Waals surface area contributed by atoms with Gasteiger partial charge >= 0.3 is 0 Å². The largest absolute Gasteiger partial charge is 0.316 e. The number of nitrogens with one attached hydrogen (secondary N) is 1. The van der Waals surface area contributed by atoms with E-state index in [4.69, 9.17) is 0 Å². The summed E-state index contributed by atoms with van der Waals surface area (Å²) >= 11 is 0. The summed E-state index contributed by atoms with van der Waals surface area (Å²) in [6, 6.07) is 12.6. The molecule has 1 saturated heterocycles. The topological polar surface area (TPSA) is 62.3 Å². The second-order valence-corrected chi connectivity index (χ2v) is 8.12. The molecule has 0 radical (unpaired) electrons. The van der Waals surface area contributed by atoms with Crippen LogP contribution in [0.2, 0.25) is 0 Å². The van der Waals surface area contributed by atoms with E-state index in [2.05, 4.69) is 10.3 Å². The van der Waals surface area contributed by atoms with E-state index in [9.17, 15) is 8.42 Å². The maximum Gasteiger partial charge on any atom is 0.243 e. The van der Waals surface area contributed by atoms with Crippen LogP contribution in [0, 0.1) is 5.92 Å². The van der Waals surface area contributed by atoms with Crippen molar-refractivity contribution in [3.05, 3.63) is 59.9 Å². The highest BCUT2D eigenvalue weighted by Gasteiger charge is 2.38. The molecule has 0 saturated carbocycles. The number of sulfonamides is 1. The maximum atomic E-state index is 13.0. The van der Waals surface area contributed by atoms with Crippen LogP contribution in [0.4, 0.5) is 0 Å². The molecule has 1 aromatic carbocycles. The summed E-state index contributed by atoms with van der Waals surface area (Å²) in [6.45, 7) is 2.63. The second-order valence-electron chi connectivity index (χ2n) is 6.18. The van der Waals surface area contributed by atoms with Gasteiger partial charge in [-0.05, 0) is 36.2 Å². The van der Waals surface area contributed by atoms with Gasteiger partial charge in [-0.3, -0.25) is 4.98 Å². The van der Waals surface area contributed by atoms with Gasteiger partial charge in [-0.2, -0.15) is 4.31 Å². The lowest BCUT2D eigenvalue weighted by molar-refractivity contribution is 0.349. The molecule has 3 heterocycles. The molecule has 2 atom stereocenters. The summed E-state index contributed by atoms with van der Waals surface area (Å²) in [4.78, 5) is 4.91. The van der Waals surface area contributed by atoms with Gasteiger partial charge in [-0.15, -0.1) is 0 Å². The number of nitrogens with zero attached hydrogens (tertiary/aromatic N) is 2. The van der Waals surface area contributed by atoms with Crippen LogP contribution in [-0.2, 0) is 16.6 Å². The van der Waals surface area contributed by atoms with E-state index >= 15 is 0 Å². The zero-order valence-corrected chi connectivity index (χ0v) is 13.5. The second kappa shape index (κ2) is 5.70. The minimum absolute atomic E-state index is 0.268. The minimum atomic E-state index is -3.49. The van der Waals surface area contributed by atoms with Gasteiger partial charge in [-0.25, -0.2) is 8.42 Å². The monoisotopic (exact) mass is 329 g/mol. The molecule has 0 unspecified atom stereocenters. The molecule has 0 spiro atoms. The Balaban J connectivity index is 1.77. The predicted molar refractivity (Wildman–Crippen MR) is 87.4 cm³/mol. The van der Waals surface area contributed by atoms with Crippen molar-refractivity contribution >= 4 is 10.0 Å². The molecule has 5 nitrogen and oxygen atoms in total. The molecule has 2 aliphatic heterocycles. The Morgan fingerprint density at radius 3 is 2.74 bits per heavy atom. The highest BCUT2D eigenvalue weighted by atomic mass is 32.2. The molecule has 4 rings (SSSR count). The molecule has 1 N–H and O–H groups in total. The van der Waals surface area contributed by atoms with Crippen LogP contribution in [0.25, 0.3) is 0 Å². The van der Waals surface area contributed by atoms with Crippen LogP contribution >= 0.6 is 0 Å². The number of aromatic nitrogens is 1. The van der Waals surface area contributed by atoms with Crippen LogP contribution in [0.5, 0.6) is 0 Å². The molecule has 0 aliphatic carbocycles. The fraction of sp³-hybridized carbons (Fsp3) is 0.353. The third kappa shape index (κ3) is 2.56. The lowest BCUT2D eigenvalue weighted by atomic mass is 9.91. The van der Waals surface area contributed by atoms with Crippen LogP contribution < -0.4 is 5.32 Å². The van der Waals surface area contributed by atoms with E-state index in [1.807, 2.05) is 18.2 Å². The predicted octanol–water partition coefficient (Wildman–Crippen LogP) is 1.59. The molecule has 6 heteroatoms. The zero-order chi connectivity index (χ0) is 15.9. The molecule has 2 aliphatic rings. The number of hydrogen-bond donors (Lipinski definition) is 1. The highest BCUT2D eigenvalue weighted by molar-refractivity contribution is 7.89. The first-order valence-corrected chi connectivity index (χ1v) is 9.30. The van der Waals surface area contributed by atoms with Crippen LogP contribution in [0.3, 0.4) is 0 Å². The van der Waals surface area contributed by atoms with Gasteiger partial charge in [0.1, 0.15) is 0 Å². The Morgan fingerprint density at radius 1 is 1.09 bits per heavy atom. The summed E-state index contributed by atoms with van der Waals surface area (Å²) < 4.78 is 27.7. The van der Waals surface area contributed by atoms with Crippen LogP contribution in [-0.4, -0.2) is 37.3 Å². The summed E-state index contributed by atoms with van der Waals surface area (Å²) in [5, 5.41) is 3.38. The van der Waals surface area contributed by atoms with Gasteiger partial charge in [0, 0.05) is 37.4 Å². The smallest absolute Gasteiger partial charge is 0.243 e. The highest BCUT2D eigenvalue weighted by Crippen LogP contribution is 2.35. The van der Waals surface area contributed by atoms with Crippen LogP contribution in [0.1, 0.15) is 17.2 Å². The molecule has 120 valence electrons. The van der Waals surface area contributed by atoms with Gasteiger partial charge in [-0.1, -0.05) is 24.3 Å². The van der Waals surface area contributed by atoms with E-state index in [0.717, 1.165) is 24.3 Å². The molecule has 23 heavy (non-hydrogen) atoms. The number of pyridine rings is 1. The standard InChI is InChI=1S/C17H19N3O2S/c21-23(22,15-6-2-1-3-7-15)20-11-13-5-4-8-19-17(13)16-10-18-9-14(16)12-20/h1-8,14,16,18H,9-12H2/t14-,16+/m0/s1. The van der Waals surface area contributed by atoms with Gasteiger partial charge in [0.2, 0.25) is 10.0 Å². The third-order valence-corrected chi connectivity index (χ3v) is 6.61. The number of rotatable bonds is 2. The normalized spacial score (nSPS) is 24.7. The van der Waals surface area contributed by atoms with E-state index in [1.54, 1.807) is 34.8 Å². The molecule has 1 aromatic heterocycles. The van der Waals surface area contributed by atoms with Crippen molar-refractivity contribution in [3.63, 3.8) is 0 Å². The first kappa shape index (κ1) is 14.8. The first-order chi connectivity index (χ1) is 11.2. The number of hydrogen-bond acceptors (Lipinski definition) is 4. The fourth-order valence-corrected chi connectivity index (χ4v) is 5.10. The number of benzene rings is 1. The Hall–Kier alpha value is -1.76. The van der Waals surface area contributed by atoms with Crippen molar-refractivity contribution in [2.24, 2.45) is 5.92 Å². The minimum Gasteiger partial charge on any atom is -0.316 e. The Bertz CT molecular complexity index is 808. The van der Waals surface area contributed by atoms with Gasteiger partial charge in [0.15, 0.2) is 0 Å². The molecular formula is C17H19N3O2S. The quantitative estimate of drug-likeness (QED) is 0.909. The summed E-state index contributed by atoms with van der Waals surface area (Å²) in [5.41, 5.74) is 2.07. The van der Waals surface area contributed by atoms with E-state index < -0.39 is 10.0 Å². The summed E-state index contributed by atoms with van der Waals surface area (Å²) in [7, 11) is -3.49. The van der Waals surface area contributed by atoms with Crippen molar-refractivity contribution in [1.29, 1.82) is 0 Å². The summed E-state index contributed by atoms with van der Waals surface area (Å²) in [5.74, 6) is 0.562. The van der Waals surface area contributed by atoms with Crippen LogP contribution in [0.15, 0.2) is 53.6 Å². The lowest BCUT2D eigenvalue weighted by Crippen LogP contribution is -2.35. The van der Waals surface area contributed by atoms with Crippen molar-refractivity contribution in [2.45, 2.75) is 17.4 Å². The van der Waals surface area contributed by atoms with Gasteiger partial charge in [0.05, 0.1) is 4.90 Å².